The van der Waals surface area contributed by atoms with Gasteiger partial charge in [0.25, 0.3) is 0 Å². The molecule has 11 heavy (non-hydrogen) atoms. The molecular formula is C7H10O4. The fourth-order valence-corrected chi connectivity index (χ4v) is 1.28. The monoisotopic (exact) mass is 158 g/mol. The molecule has 1 saturated carbocycles. The highest BCUT2D eigenvalue weighted by Gasteiger charge is 2.53. The van der Waals surface area contributed by atoms with Crippen LogP contribution in [0.1, 0.15) is 19.8 Å². The Hall–Kier alpha value is -0.900. The van der Waals surface area contributed by atoms with Gasteiger partial charge in [0.15, 0.2) is 0 Å². The van der Waals surface area contributed by atoms with E-state index in [1.807, 2.05) is 0 Å². The summed E-state index contributed by atoms with van der Waals surface area (Å²) in [6.07, 6.45) is -1.00. The topological polar surface area (TPSA) is 74.6 Å². The zero-order valence-corrected chi connectivity index (χ0v) is 6.20. The Morgan fingerprint density at radius 3 is 2.18 bits per heavy atom. The van der Waals surface area contributed by atoms with Crippen LogP contribution in [0.3, 0.4) is 0 Å². The molecule has 1 rings (SSSR count). The van der Waals surface area contributed by atoms with Crippen molar-refractivity contribution in [1.82, 2.24) is 0 Å². The van der Waals surface area contributed by atoms with E-state index in [0.29, 0.717) is 0 Å². The summed E-state index contributed by atoms with van der Waals surface area (Å²) in [5.74, 6) is -1.17. The second kappa shape index (κ2) is 2.30. The molecule has 4 heteroatoms. The number of carbonyl (C=O) groups is 2. The van der Waals surface area contributed by atoms with Crippen molar-refractivity contribution in [3.8, 4) is 0 Å². The summed E-state index contributed by atoms with van der Waals surface area (Å²) in [6.45, 7) is 1.40. The van der Waals surface area contributed by atoms with Crippen molar-refractivity contribution < 1.29 is 19.8 Å². The van der Waals surface area contributed by atoms with E-state index in [4.69, 9.17) is 10.2 Å². The Morgan fingerprint density at radius 1 is 1.64 bits per heavy atom. The van der Waals surface area contributed by atoms with Crippen molar-refractivity contribution in [1.29, 1.82) is 0 Å². The maximum Gasteiger partial charge on any atom is 0.313 e. The molecule has 0 bridgehead atoms. The molecule has 0 radical (unpaired) electrons. The standard InChI is InChI=1S/C7H10O4/c1-4(8)7(6(10)11)2-5(9)3-7/h4,8H,2-3H2,1H3,(H,10,11)/t4-/m1/s1. The van der Waals surface area contributed by atoms with E-state index >= 15 is 0 Å². The van der Waals surface area contributed by atoms with E-state index in [-0.39, 0.29) is 18.6 Å². The Kier molecular flexibility index (Phi) is 1.72. The summed E-state index contributed by atoms with van der Waals surface area (Å²) in [6, 6.07) is 0. The third-order valence-electron chi connectivity index (χ3n) is 2.25. The van der Waals surface area contributed by atoms with Crippen molar-refractivity contribution in [2.75, 3.05) is 0 Å². The highest BCUT2D eigenvalue weighted by Crippen LogP contribution is 2.41. The molecule has 0 amide bonds. The smallest absolute Gasteiger partial charge is 0.313 e. The number of aliphatic carboxylic acids is 1. The summed E-state index contributed by atoms with van der Waals surface area (Å²) in [5, 5.41) is 17.7. The van der Waals surface area contributed by atoms with E-state index in [2.05, 4.69) is 0 Å². The van der Waals surface area contributed by atoms with Gasteiger partial charge in [0.1, 0.15) is 11.2 Å². The van der Waals surface area contributed by atoms with Gasteiger partial charge in [0.2, 0.25) is 0 Å². The van der Waals surface area contributed by atoms with E-state index in [1.54, 1.807) is 0 Å². The molecular weight excluding hydrogens is 148 g/mol. The molecule has 1 aliphatic rings. The first-order valence-corrected chi connectivity index (χ1v) is 3.42. The molecule has 0 aromatic rings. The van der Waals surface area contributed by atoms with Gasteiger partial charge in [0, 0.05) is 12.8 Å². The molecule has 2 N–H and O–H groups in total. The molecule has 0 spiro atoms. The average molecular weight is 158 g/mol. The number of Topliss-reactive ketones (excluding diaryl/α,β-unsaturated/α-hetero) is 1. The van der Waals surface area contributed by atoms with Crippen LogP contribution in [0.4, 0.5) is 0 Å². The highest BCUT2D eigenvalue weighted by molar-refractivity contribution is 5.97. The molecule has 0 aliphatic heterocycles. The predicted molar refractivity (Wildman–Crippen MR) is 36.0 cm³/mol. The second-order valence-electron chi connectivity index (χ2n) is 3.03. The lowest BCUT2D eigenvalue weighted by molar-refractivity contribution is -0.170. The molecule has 1 atom stereocenters. The van der Waals surface area contributed by atoms with Crippen LogP contribution in [0.25, 0.3) is 0 Å². The number of rotatable bonds is 2. The van der Waals surface area contributed by atoms with E-state index < -0.39 is 17.5 Å². The second-order valence-corrected chi connectivity index (χ2v) is 3.03. The number of carboxylic acids is 1. The minimum atomic E-state index is -1.18. The maximum atomic E-state index is 10.6. The first-order chi connectivity index (χ1) is 4.99. The predicted octanol–water partition coefficient (Wildman–Crippen LogP) is -0.199. The van der Waals surface area contributed by atoms with Crippen LogP contribution in [0, 0.1) is 5.41 Å². The third-order valence-corrected chi connectivity index (χ3v) is 2.25. The lowest BCUT2D eigenvalue weighted by atomic mass is 9.64. The summed E-state index contributed by atoms with van der Waals surface area (Å²) in [7, 11) is 0. The quantitative estimate of drug-likeness (QED) is 0.583. The number of ketones is 1. The van der Waals surface area contributed by atoms with Crippen LogP contribution in [0.2, 0.25) is 0 Å². The number of carboxylic acid groups (broad SMARTS) is 1. The average Bonchev–Trinajstić information content (AvgIpc) is 1.78. The lowest BCUT2D eigenvalue weighted by Gasteiger charge is -2.38. The van der Waals surface area contributed by atoms with Gasteiger partial charge in [-0.3, -0.25) is 9.59 Å². The van der Waals surface area contributed by atoms with Gasteiger partial charge in [-0.05, 0) is 6.92 Å². The van der Waals surface area contributed by atoms with Gasteiger partial charge in [-0.15, -0.1) is 0 Å². The van der Waals surface area contributed by atoms with E-state index in [1.165, 1.54) is 6.92 Å². The molecule has 62 valence electrons. The molecule has 0 saturated heterocycles. The molecule has 0 aromatic carbocycles. The molecule has 0 heterocycles. The summed E-state index contributed by atoms with van der Waals surface area (Å²) in [4.78, 5) is 21.1. The Bertz CT molecular complexity index is 198. The lowest BCUT2D eigenvalue weighted by Crippen LogP contribution is -2.51. The zero-order chi connectivity index (χ0) is 8.65. The van der Waals surface area contributed by atoms with Gasteiger partial charge in [-0.25, -0.2) is 0 Å². The highest BCUT2D eigenvalue weighted by atomic mass is 16.4. The molecule has 1 fully saturated rings. The van der Waals surface area contributed by atoms with Gasteiger partial charge in [-0.2, -0.15) is 0 Å². The Morgan fingerprint density at radius 2 is 2.09 bits per heavy atom. The molecule has 0 aromatic heterocycles. The van der Waals surface area contributed by atoms with Crippen molar-refractivity contribution in [2.45, 2.75) is 25.9 Å². The third kappa shape index (κ3) is 1.03. The minimum Gasteiger partial charge on any atom is -0.481 e. The van der Waals surface area contributed by atoms with Gasteiger partial charge < -0.3 is 10.2 Å². The number of aliphatic hydroxyl groups is 1. The fourth-order valence-electron chi connectivity index (χ4n) is 1.28. The van der Waals surface area contributed by atoms with Gasteiger partial charge >= 0.3 is 5.97 Å². The van der Waals surface area contributed by atoms with E-state index in [0.717, 1.165) is 0 Å². The van der Waals surface area contributed by atoms with Crippen molar-refractivity contribution in [2.24, 2.45) is 5.41 Å². The van der Waals surface area contributed by atoms with Crippen LogP contribution < -0.4 is 0 Å². The van der Waals surface area contributed by atoms with Crippen LogP contribution in [0.5, 0.6) is 0 Å². The van der Waals surface area contributed by atoms with Crippen molar-refractivity contribution in [3.63, 3.8) is 0 Å². The van der Waals surface area contributed by atoms with Gasteiger partial charge in [-0.1, -0.05) is 0 Å². The van der Waals surface area contributed by atoms with Crippen LogP contribution in [0.15, 0.2) is 0 Å². The van der Waals surface area contributed by atoms with Crippen LogP contribution >= 0.6 is 0 Å². The number of aliphatic hydroxyl groups excluding tert-OH is 1. The minimum absolute atomic E-state index is 0.0278. The zero-order valence-electron chi connectivity index (χ0n) is 6.20. The normalized spacial score (nSPS) is 24.0. The first-order valence-electron chi connectivity index (χ1n) is 3.42. The molecule has 0 unspecified atom stereocenters. The fraction of sp³-hybridized carbons (Fsp3) is 0.714. The summed E-state index contributed by atoms with van der Waals surface area (Å²) in [5.41, 5.74) is -1.18. The van der Waals surface area contributed by atoms with E-state index in [9.17, 15) is 9.59 Å². The van der Waals surface area contributed by atoms with Crippen LogP contribution in [-0.2, 0) is 9.59 Å². The Labute approximate surface area is 63.8 Å². The summed E-state index contributed by atoms with van der Waals surface area (Å²) < 4.78 is 0. The SMILES string of the molecule is C[C@@H](O)C1(C(=O)O)CC(=O)C1. The van der Waals surface area contributed by atoms with Crippen molar-refractivity contribution in [3.05, 3.63) is 0 Å². The number of carbonyl (C=O) groups excluding carboxylic acids is 1. The number of hydrogen-bond acceptors (Lipinski definition) is 3. The summed E-state index contributed by atoms with van der Waals surface area (Å²) >= 11 is 0. The van der Waals surface area contributed by atoms with Crippen molar-refractivity contribution >= 4 is 11.8 Å². The maximum absolute atomic E-state index is 10.6. The number of hydrogen-bond donors (Lipinski definition) is 2. The van der Waals surface area contributed by atoms with Crippen LogP contribution in [-0.4, -0.2) is 28.1 Å². The first kappa shape index (κ1) is 8.20. The Balaban J connectivity index is 2.76. The van der Waals surface area contributed by atoms with Gasteiger partial charge in [0.05, 0.1) is 6.10 Å². The largest absolute Gasteiger partial charge is 0.481 e. The molecule has 1 aliphatic carbocycles. The molecule has 4 nitrogen and oxygen atoms in total.